The van der Waals surface area contributed by atoms with E-state index in [0.717, 1.165) is 149 Å². The van der Waals surface area contributed by atoms with Crippen molar-refractivity contribution < 1.29 is 0 Å². The molecule has 6 heterocycles. The first-order valence-electron chi connectivity index (χ1n) is 46.1. The van der Waals surface area contributed by atoms with E-state index in [0.29, 0.717) is 34.9 Å². The van der Waals surface area contributed by atoms with Crippen LogP contribution < -0.4 is 0 Å². The average molecular weight is 1760 g/mol. The Kier molecular flexibility index (Phi) is 17.6. The predicted octanol–water partition coefficient (Wildman–Crippen LogP) is 34.2. The van der Waals surface area contributed by atoms with Crippen molar-refractivity contribution in [2.24, 2.45) is 0 Å². The SMILES string of the molecule is c1ccc(-c2ccc(-c3nc(-c4cccc(-c5ccc(-c6ccc7c(ccc8cc(-c9nc(-c%10ccc(-n%11c%12ccccc%12c%12cc%13ccccc%13cc%12%11)c(-c%11ccc%12sc%13ccccc%13c%12c%11)c%10)nc(-c%10ccc%11c(ccc%12ccccc%12%11)c%10)n9)ccc87)c6)cc5)c4)nc(-c4ccc(-n5c6ccccc6c6cc7ccccc7cc65)c(-c5ccc6sc7ccccc7c6c5)c4)n3)cc2)cc1. The highest BCUT2D eigenvalue weighted by Gasteiger charge is 2.26. The number of para-hydroxylation sites is 2. The van der Waals surface area contributed by atoms with Gasteiger partial charge in [0.1, 0.15) is 0 Å². The lowest BCUT2D eigenvalue weighted by Crippen LogP contribution is -2.02. The molecule has 0 radical (unpaired) electrons. The third kappa shape index (κ3) is 12.9. The molecule has 6 aromatic heterocycles. The van der Waals surface area contributed by atoms with Gasteiger partial charge in [-0.05, 0) is 243 Å². The van der Waals surface area contributed by atoms with Crippen LogP contribution in [-0.2, 0) is 0 Å². The molecule has 0 N–H and O–H groups in total. The van der Waals surface area contributed by atoms with Gasteiger partial charge in [-0.25, -0.2) is 29.9 Å². The fourth-order valence-electron chi connectivity index (χ4n) is 21.0. The molecule has 10 heteroatoms. The Morgan fingerprint density at radius 3 is 0.926 bits per heavy atom. The Balaban J connectivity index is 0.530. The Hall–Kier alpha value is -17.5. The van der Waals surface area contributed by atoms with Gasteiger partial charge >= 0.3 is 0 Å². The summed E-state index contributed by atoms with van der Waals surface area (Å²) in [6.07, 6.45) is 0. The number of hydrogen-bond donors (Lipinski definition) is 0. The fraction of sp³-hybridized carbons (Fsp3) is 0. The molecule has 0 bridgehead atoms. The minimum absolute atomic E-state index is 0.573. The Morgan fingerprint density at radius 1 is 0.140 bits per heavy atom. The second kappa shape index (κ2) is 31.1. The summed E-state index contributed by atoms with van der Waals surface area (Å²) in [4.78, 5) is 32.9. The maximum Gasteiger partial charge on any atom is 0.164 e. The van der Waals surface area contributed by atoms with Crippen LogP contribution in [0.25, 0.3) is 284 Å². The molecule has 0 aliphatic rings. The van der Waals surface area contributed by atoms with E-state index < -0.39 is 0 Å². The maximum atomic E-state index is 5.55. The molecule has 0 saturated carbocycles. The number of hydrogen-bond acceptors (Lipinski definition) is 8. The van der Waals surface area contributed by atoms with Crippen LogP contribution in [0.2, 0.25) is 0 Å². The summed E-state index contributed by atoms with van der Waals surface area (Å²) in [5.41, 5.74) is 22.9. The predicted molar refractivity (Wildman–Crippen MR) is 573 cm³/mol. The van der Waals surface area contributed by atoms with Crippen LogP contribution in [0, 0.1) is 0 Å². The van der Waals surface area contributed by atoms with Crippen LogP contribution in [0.5, 0.6) is 0 Å². The number of benzene rings is 22. The lowest BCUT2D eigenvalue weighted by atomic mass is 9.95. The molecule has 0 saturated heterocycles. The zero-order chi connectivity index (χ0) is 89.2. The van der Waals surface area contributed by atoms with E-state index in [9.17, 15) is 0 Å². The number of thiophene rings is 2. The molecule has 28 aromatic rings. The van der Waals surface area contributed by atoms with Crippen molar-refractivity contribution in [3.05, 3.63) is 449 Å². The van der Waals surface area contributed by atoms with Gasteiger partial charge in [0, 0.05) is 106 Å². The van der Waals surface area contributed by atoms with E-state index in [-0.39, 0.29) is 0 Å². The lowest BCUT2D eigenvalue weighted by Gasteiger charge is -2.17. The highest BCUT2D eigenvalue weighted by Crippen LogP contribution is 2.48. The summed E-state index contributed by atoms with van der Waals surface area (Å²) in [7, 11) is 0. The third-order valence-electron chi connectivity index (χ3n) is 27.7. The topological polar surface area (TPSA) is 87.2 Å². The molecule has 28 rings (SSSR count). The van der Waals surface area contributed by atoms with Crippen molar-refractivity contribution in [3.8, 4) is 135 Å². The van der Waals surface area contributed by atoms with Crippen molar-refractivity contribution in [1.82, 2.24) is 39.0 Å². The summed E-state index contributed by atoms with van der Waals surface area (Å²) < 4.78 is 9.95. The Labute approximate surface area is 788 Å². The first-order valence-corrected chi connectivity index (χ1v) is 47.7. The quantitative estimate of drug-likeness (QED) is 0.107. The van der Waals surface area contributed by atoms with E-state index in [1.807, 2.05) is 22.7 Å². The summed E-state index contributed by atoms with van der Waals surface area (Å²) in [5, 5.41) is 23.8. The molecular weight excluding hydrogens is 1690 g/mol. The van der Waals surface area contributed by atoms with E-state index in [2.05, 4.69) is 458 Å². The molecule has 630 valence electrons. The molecule has 136 heavy (non-hydrogen) atoms. The highest BCUT2D eigenvalue weighted by atomic mass is 32.1. The Morgan fingerprint density at radius 2 is 0.441 bits per heavy atom. The molecule has 0 aliphatic heterocycles. The summed E-state index contributed by atoms with van der Waals surface area (Å²) >= 11 is 3.67. The molecule has 0 amide bonds. The molecule has 0 spiro atoms. The van der Waals surface area contributed by atoms with Gasteiger partial charge < -0.3 is 9.13 Å². The van der Waals surface area contributed by atoms with Gasteiger partial charge in [0.25, 0.3) is 0 Å². The van der Waals surface area contributed by atoms with E-state index >= 15 is 0 Å². The standard InChI is InChI=1S/C126H74N8S2/c1-2-19-75(20-3-1)76-41-44-80(45-42-76)121-127-122(129-125(128-121)95-52-59-113(105(71-95)90-54-61-119-109(69-90)103-31-12-16-35-117(103)135-119)133-111-33-14-10-29-101(111)107-67-82-22-4-6-24-84(82)73-115(107)133)92-27-18-26-81(64-92)77-37-39-78(40-38-77)86-49-56-99-87(63-86)47-48-89-66-94(51-58-100(89)99)124-130-123(93-50-57-98-88(65-93)46-43-79-21-8-9-28-97(79)98)131-126(132-124)96-53-60-114(106(72-96)91-55-62-120-110(70-91)104-32-13-17-36-118(104)136-120)134-112-34-15-11-30-102(112)108-68-83-23-5-7-25-85(83)74-116(108)134/h1-74H. The van der Waals surface area contributed by atoms with Gasteiger partial charge in [-0.15, -0.1) is 22.7 Å². The largest absolute Gasteiger partial charge is 0.309 e. The second-order valence-corrected chi connectivity index (χ2v) is 37.8. The highest BCUT2D eigenvalue weighted by molar-refractivity contribution is 7.26. The Bertz CT molecular complexity index is 9900. The van der Waals surface area contributed by atoms with Gasteiger partial charge in [0.2, 0.25) is 0 Å². The molecule has 0 aliphatic carbocycles. The second-order valence-electron chi connectivity index (χ2n) is 35.6. The van der Waals surface area contributed by atoms with Crippen molar-refractivity contribution in [3.63, 3.8) is 0 Å². The van der Waals surface area contributed by atoms with Gasteiger partial charge in [0.05, 0.1) is 33.4 Å². The molecule has 8 nitrogen and oxygen atoms in total. The molecule has 0 atom stereocenters. The van der Waals surface area contributed by atoms with Crippen molar-refractivity contribution in [1.29, 1.82) is 0 Å². The van der Waals surface area contributed by atoms with Crippen LogP contribution in [0.15, 0.2) is 449 Å². The van der Waals surface area contributed by atoms with Crippen molar-refractivity contribution in [2.75, 3.05) is 0 Å². The van der Waals surface area contributed by atoms with E-state index in [4.69, 9.17) is 29.9 Å². The zero-order valence-electron chi connectivity index (χ0n) is 73.1. The van der Waals surface area contributed by atoms with Gasteiger partial charge in [-0.3, -0.25) is 0 Å². The third-order valence-corrected chi connectivity index (χ3v) is 30.0. The zero-order valence-corrected chi connectivity index (χ0v) is 74.8. The first kappa shape index (κ1) is 77.2. The van der Waals surface area contributed by atoms with E-state index in [1.165, 1.54) is 99.6 Å². The number of nitrogens with zero attached hydrogens (tertiary/aromatic N) is 8. The summed E-state index contributed by atoms with van der Waals surface area (Å²) in [5.74, 6) is 3.49. The minimum Gasteiger partial charge on any atom is -0.309 e. The van der Waals surface area contributed by atoms with Crippen molar-refractivity contribution >= 4 is 171 Å². The van der Waals surface area contributed by atoms with Crippen LogP contribution in [-0.4, -0.2) is 39.0 Å². The minimum atomic E-state index is 0.573. The molecule has 22 aromatic carbocycles. The normalized spacial score (nSPS) is 12.0. The van der Waals surface area contributed by atoms with E-state index in [1.54, 1.807) is 0 Å². The van der Waals surface area contributed by atoms with Crippen LogP contribution in [0.4, 0.5) is 0 Å². The smallest absolute Gasteiger partial charge is 0.164 e. The fourth-order valence-corrected chi connectivity index (χ4v) is 23.2. The van der Waals surface area contributed by atoms with Crippen LogP contribution >= 0.6 is 22.7 Å². The maximum absolute atomic E-state index is 5.55. The number of rotatable bonds is 13. The molecular formula is C126H74N8S2. The van der Waals surface area contributed by atoms with Crippen LogP contribution in [0.1, 0.15) is 0 Å². The molecule has 0 fully saturated rings. The van der Waals surface area contributed by atoms with Gasteiger partial charge in [0.15, 0.2) is 34.9 Å². The number of fused-ring (bicyclic) bond motifs is 20. The van der Waals surface area contributed by atoms with Gasteiger partial charge in [-0.1, -0.05) is 315 Å². The monoisotopic (exact) mass is 1760 g/mol. The van der Waals surface area contributed by atoms with Crippen molar-refractivity contribution in [2.45, 2.75) is 0 Å². The lowest BCUT2D eigenvalue weighted by molar-refractivity contribution is 1.07. The van der Waals surface area contributed by atoms with Gasteiger partial charge in [-0.2, -0.15) is 0 Å². The first-order chi connectivity index (χ1) is 67.3. The number of aromatic nitrogens is 8. The van der Waals surface area contributed by atoms with Crippen LogP contribution in [0.3, 0.4) is 0 Å². The summed E-state index contributed by atoms with van der Waals surface area (Å²) in [6, 6.07) is 164. The molecule has 0 unspecified atom stereocenters. The summed E-state index contributed by atoms with van der Waals surface area (Å²) in [6.45, 7) is 0. The average Bonchev–Trinajstić information content (AvgIpc) is 1.51.